The van der Waals surface area contributed by atoms with Crippen molar-refractivity contribution < 1.29 is 24.0 Å². The van der Waals surface area contributed by atoms with E-state index in [-0.39, 0.29) is 19.0 Å². The average Bonchev–Trinajstić information content (AvgIpc) is 2.46. The van der Waals surface area contributed by atoms with Crippen LogP contribution < -0.4 is 15.5 Å². The van der Waals surface area contributed by atoms with Crippen LogP contribution in [0.5, 0.6) is 0 Å². The van der Waals surface area contributed by atoms with Gasteiger partial charge in [0.2, 0.25) is 0 Å². The van der Waals surface area contributed by atoms with Crippen LogP contribution in [0.3, 0.4) is 0 Å². The Morgan fingerprint density at radius 3 is 2.45 bits per heavy atom. The highest BCUT2D eigenvalue weighted by Gasteiger charge is 2.16. The third-order valence-corrected chi connectivity index (χ3v) is 3.53. The zero-order valence-electron chi connectivity index (χ0n) is 12.8. The van der Waals surface area contributed by atoms with Gasteiger partial charge in [-0.1, -0.05) is 12.1 Å². The van der Waals surface area contributed by atoms with Gasteiger partial charge in [-0.25, -0.2) is 4.79 Å². The van der Waals surface area contributed by atoms with Gasteiger partial charge in [-0.15, -0.1) is 11.8 Å². The van der Waals surface area contributed by atoms with Gasteiger partial charge >= 0.3 is 6.09 Å². The number of amides is 3. The Kier molecular flexibility index (Phi) is 7.41. The summed E-state index contributed by atoms with van der Waals surface area (Å²) in [5.41, 5.74) is 0.742. The zero-order valence-corrected chi connectivity index (χ0v) is 13.6. The summed E-state index contributed by atoms with van der Waals surface area (Å²) in [5, 5.41) is 4.86. The molecule has 0 radical (unpaired) electrons. The molecule has 0 saturated carbocycles. The molecule has 0 fully saturated rings. The molecule has 0 aliphatic heterocycles. The van der Waals surface area contributed by atoms with Crippen molar-refractivity contribution in [2.24, 2.45) is 0 Å². The van der Waals surface area contributed by atoms with Gasteiger partial charge in [-0.3, -0.25) is 14.9 Å². The topological polar surface area (TPSA) is 88.9 Å². The molecular formula is C14H20N3O4S+. The minimum absolute atomic E-state index is 0.00725. The normalized spacial score (nSPS) is 11.4. The van der Waals surface area contributed by atoms with Gasteiger partial charge in [-0.2, -0.15) is 0 Å². The number of thioether (sulfide) groups is 1. The maximum absolute atomic E-state index is 12.0. The first kappa shape index (κ1) is 18.0. The highest BCUT2D eigenvalue weighted by Crippen LogP contribution is 2.24. The lowest BCUT2D eigenvalue weighted by Crippen LogP contribution is -3.11. The predicted octanol–water partition coefficient (Wildman–Crippen LogP) is -0.256. The first-order chi connectivity index (χ1) is 10.5. The smallest absolute Gasteiger partial charge is 0.413 e. The Balaban J connectivity index is 2.47. The van der Waals surface area contributed by atoms with Crippen molar-refractivity contribution in [1.29, 1.82) is 0 Å². The number of rotatable bonds is 6. The molecule has 0 aliphatic rings. The van der Waals surface area contributed by atoms with Crippen molar-refractivity contribution in [2.45, 2.75) is 4.90 Å². The summed E-state index contributed by atoms with van der Waals surface area (Å²) in [6.07, 6.45) is 1.12. The molecule has 22 heavy (non-hydrogen) atoms. The fraction of sp³-hybridized carbons (Fsp3) is 0.357. The van der Waals surface area contributed by atoms with E-state index in [0.717, 1.165) is 10.6 Å². The van der Waals surface area contributed by atoms with Crippen LogP contribution in [0.25, 0.3) is 0 Å². The fourth-order valence-corrected chi connectivity index (χ4v) is 2.32. The van der Waals surface area contributed by atoms with E-state index in [1.165, 1.54) is 18.9 Å². The lowest BCUT2D eigenvalue weighted by atomic mass is 10.3. The monoisotopic (exact) mass is 326 g/mol. The van der Waals surface area contributed by atoms with E-state index >= 15 is 0 Å². The number of para-hydroxylation sites is 1. The second kappa shape index (κ2) is 9.06. The molecule has 0 heterocycles. The first-order valence-electron chi connectivity index (χ1n) is 6.58. The molecule has 0 saturated heterocycles. The molecule has 0 bridgehead atoms. The summed E-state index contributed by atoms with van der Waals surface area (Å²) in [6.45, 7) is 0.101. The Bertz CT molecular complexity index is 551. The van der Waals surface area contributed by atoms with E-state index in [1.54, 1.807) is 7.05 Å². The Morgan fingerprint density at radius 2 is 1.82 bits per heavy atom. The average molecular weight is 326 g/mol. The summed E-state index contributed by atoms with van der Waals surface area (Å²) in [4.78, 5) is 36.0. The molecule has 0 spiro atoms. The highest BCUT2D eigenvalue weighted by atomic mass is 32.2. The SMILES string of the molecule is COC(=O)NC(=O)C[NH+](C)CC(=O)Nc1ccccc1SC. The number of imide groups is 1. The van der Waals surface area contributed by atoms with Gasteiger partial charge in [0, 0.05) is 4.90 Å². The van der Waals surface area contributed by atoms with Crippen LogP contribution in [-0.2, 0) is 14.3 Å². The summed E-state index contributed by atoms with van der Waals surface area (Å²) >= 11 is 1.54. The second-order valence-electron chi connectivity index (χ2n) is 4.60. The van der Waals surface area contributed by atoms with Crippen LogP contribution in [0.15, 0.2) is 29.2 Å². The molecule has 1 aromatic carbocycles. The molecule has 0 aliphatic carbocycles. The largest absolute Gasteiger partial charge is 0.453 e. The third kappa shape index (κ3) is 6.15. The molecule has 3 amide bonds. The van der Waals surface area contributed by atoms with Crippen molar-refractivity contribution in [3.05, 3.63) is 24.3 Å². The number of nitrogens with one attached hydrogen (secondary N) is 3. The van der Waals surface area contributed by atoms with Crippen molar-refractivity contribution in [1.82, 2.24) is 5.32 Å². The van der Waals surface area contributed by atoms with E-state index in [9.17, 15) is 14.4 Å². The van der Waals surface area contributed by atoms with E-state index in [1.807, 2.05) is 35.8 Å². The number of quaternary nitrogens is 1. The van der Waals surface area contributed by atoms with E-state index in [4.69, 9.17) is 0 Å². The van der Waals surface area contributed by atoms with Crippen molar-refractivity contribution in [3.8, 4) is 0 Å². The third-order valence-electron chi connectivity index (χ3n) is 2.73. The number of likely N-dealkylation sites (N-methyl/N-ethyl adjacent to an activating group) is 1. The quantitative estimate of drug-likeness (QED) is 0.627. The summed E-state index contributed by atoms with van der Waals surface area (Å²) in [7, 11) is 2.87. The maximum atomic E-state index is 12.0. The molecule has 1 aromatic rings. The van der Waals surface area contributed by atoms with Gasteiger partial charge in [-0.05, 0) is 18.4 Å². The van der Waals surface area contributed by atoms with Crippen LogP contribution in [0.2, 0.25) is 0 Å². The predicted molar refractivity (Wildman–Crippen MR) is 84.0 cm³/mol. The van der Waals surface area contributed by atoms with Gasteiger partial charge in [0.05, 0.1) is 19.8 Å². The Hall–Kier alpha value is -2.06. The number of ether oxygens (including phenoxy) is 1. The van der Waals surface area contributed by atoms with Crippen molar-refractivity contribution >= 4 is 35.4 Å². The highest BCUT2D eigenvalue weighted by molar-refractivity contribution is 7.98. The van der Waals surface area contributed by atoms with Crippen LogP contribution in [0, 0.1) is 0 Å². The van der Waals surface area contributed by atoms with Gasteiger partial charge < -0.3 is 15.0 Å². The maximum Gasteiger partial charge on any atom is 0.413 e. The van der Waals surface area contributed by atoms with Crippen LogP contribution in [0.4, 0.5) is 10.5 Å². The number of carbonyl (C=O) groups excluding carboxylic acids is 3. The number of benzene rings is 1. The van der Waals surface area contributed by atoms with Gasteiger partial charge in [0.1, 0.15) is 0 Å². The first-order valence-corrected chi connectivity index (χ1v) is 7.80. The van der Waals surface area contributed by atoms with E-state index in [0.29, 0.717) is 4.90 Å². The molecule has 8 heteroatoms. The lowest BCUT2D eigenvalue weighted by molar-refractivity contribution is -0.862. The molecule has 1 unspecified atom stereocenters. The molecule has 7 nitrogen and oxygen atoms in total. The summed E-state index contributed by atoms with van der Waals surface area (Å²) in [5.74, 6) is -0.702. The Morgan fingerprint density at radius 1 is 1.18 bits per heavy atom. The molecule has 3 N–H and O–H groups in total. The van der Waals surface area contributed by atoms with Gasteiger partial charge in [0.15, 0.2) is 13.1 Å². The molecule has 120 valence electrons. The van der Waals surface area contributed by atoms with Crippen LogP contribution >= 0.6 is 11.8 Å². The number of hydrogen-bond acceptors (Lipinski definition) is 5. The van der Waals surface area contributed by atoms with Crippen LogP contribution in [-0.4, -0.2) is 51.4 Å². The number of methoxy groups -OCH3 is 1. The molecule has 1 atom stereocenters. The zero-order chi connectivity index (χ0) is 16.5. The standard InChI is InChI=1S/C14H19N3O4S/c1-17(9-13(19)16-14(20)21-2)8-12(18)15-10-6-4-5-7-11(10)22-3/h4-7H,8-9H2,1-3H3,(H,15,18)(H,16,19,20)/p+1. The van der Waals surface area contributed by atoms with Crippen molar-refractivity contribution in [3.63, 3.8) is 0 Å². The fourth-order valence-electron chi connectivity index (χ4n) is 1.76. The van der Waals surface area contributed by atoms with E-state index in [2.05, 4.69) is 10.1 Å². The van der Waals surface area contributed by atoms with Crippen LogP contribution in [0.1, 0.15) is 0 Å². The minimum Gasteiger partial charge on any atom is -0.453 e. The number of hydrogen-bond donors (Lipinski definition) is 3. The molecule has 0 aromatic heterocycles. The van der Waals surface area contributed by atoms with E-state index < -0.39 is 12.0 Å². The summed E-state index contributed by atoms with van der Waals surface area (Å²) < 4.78 is 4.33. The second-order valence-corrected chi connectivity index (χ2v) is 5.45. The van der Waals surface area contributed by atoms with Crippen molar-refractivity contribution in [2.75, 3.05) is 38.8 Å². The Labute approximate surface area is 133 Å². The minimum atomic E-state index is -0.809. The lowest BCUT2D eigenvalue weighted by Gasteiger charge is -2.14. The van der Waals surface area contributed by atoms with Gasteiger partial charge in [0.25, 0.3) is 11.8 Å². The number of carbonyl (C=O) groups is 3. The summed E-state index contributed by atoms with van der Waals surface area (Å²) in [6, 6.07) is 7.48. The number of anilines is 1. The molecule has 1 rings (SSSR count). The number of alkyl carbamates (subject to hydrolysis) is 1. The molecular weight excluding hydrogens is 306 g/mol.